The van der Waals surface area contributed by atoms with Crippen LogP contribution in [0.1, 0.15) is 5.56 Å². The third-order valence-electron chi connectivity index (χ3n) is 1.43. The van der Waals surface area contributed by atoms with E-state index in [0.29, 0.717) is 17.1 Å². The number of nitrogens with zero attached hydrogens (tertiary/aromatic N) is 1. The van der Waals surface area contributed by atoms with E-state index in [-0.39, 0.29) is 0 Å². The second-order valence-electron chi connectivity index (χ2n) is 2.09. The molecule has 12 heavy (non-hydrogen) atoms. The molecular formula is C9H8NO2. The molecule has 3 nitrogen and oxygen atoms in total. The summed E-state index contributed by atoms with van der Waals surface area (Å²) < 4.78 is 9.83. The van der Waals surface area contributed by atoms with E-state index in [1.54, 1.807) is 12.1 Å². The summed E-state index contributed by atoms with van der Waals surface area (Å²) >= 11 is 0. The van der Waals surface area contributed by atoms with Crippen molar-refractivity contribution in [3.63, 3.8) is 0 Å². The molecule has 0 saturated heterocycles. The summed E-state index contributed by atoms with van der Waals surface area (Å²) in [5.41, 5.74) is 0.457. The van der Waals surface area contributed by atoms with E-state index in [0.717, 1.165) is 0 Å². The average Bonchev–Trinajstić information content (AvgIpc) is 2.16. The molecule has 0 unspecified atom stereocenters. The van der Waals surface area contributed by atoms with Crippen molar-refractivity contribution in [1.82, 2.24) is 0 Å². The molecule has 0 aliphatic rings. The lowest BCUT2D eigenvalue weighted by atomic mass is 10.2. The van der Waals surface area contributed by atoms with E-state index in [1.807, 2.05) is 6.07 Å². The molecule has 3 heteroatoms. The van der Waals surface area contributed by atoms with E-state index in [1.165, 1.54) is 14.2 Å². The fourth-order valence-corrected chi connectivity index (χ4v) is 0.824. The Labute approximate surface area is 71.1 Å². The van der Waals surface area contributed by atoms with Gasteiger partial charge in [-0.05, 0) is 12.1 Å². The van der Waals surface area contributed by atoms with Gasteiger partial charge >= 0.3 is 0 Å². The molecule has 1 aromatic carbocycles. The third kappa shape index (κ3) is 1.48. The first-order valence-electron chi connectivity index (χ1n) is 3.36. The maximum atomic E-state index is 8.62. The summed E-state index contributed by atoms with van der Waals surface area (Å²) in [6, 6.07) is 8.08. The van der Waals surface area contributed by atoms with Crippen LogP contribution in [0.2, 0.25) is 0 Å². The fraction of sp³-hybridized carbons (Fsp3) is 0.222. The molecule has 61 valence electrons. The van der Waals surface area contributed by atoms with Crippen LogP contribution in [0.4, 0.5) is 0 Å². The van der Waals surface area contributed by atoms with Gasteiger partial charge in [0, 0.05) is 0 Å². The van der Waals surface area contributed by atoms with Crippen molar-refractivity contribution in [2.24, 2.45) is 0 Å². The minimum absolute atomic E-state index is 0.414. The molecule has 0 aliphatic carbocycles. The van der Waals surface area contributed by atoms with Crippen molar-refractivity contribution >= 4 is 0 Å². The summed E-state index contributed by atoms with van der Waals surface area (Å²) in [7, 11) is 3.03. The Balaban J connectivity index is 3.13. The zero-order chi connectivity index (χ0) is 8.97. The van der Waals surface area contributed by atoms with Gasteiger partial charge in [-0.2, -0.15) is 5.26 Å². The van der Waals surface area contributed by atoms with Crippen LogP contribution >= 0.6 is 0 Å². The van der Waals surface area contributed by atoms with Gasteiger partial charge in [0.2, 0.25) is 0 Å². The van der Waals surface area contributed by atoms with Gasteiger partial charge in [0.05, 0.1) is 25.8 Å². The topological polar surface area (TPSA) is 42.2 Å². The van der Waals surface area contributed by atoms with E-state index < -0.39 is 0 Å². The smallest absolute Gasteiger partial charge is 0.148 e. The van der Waals surface area contributed by atoms with Crippen LogP contribution in [0.15, 0.2) is 12.1 Å². The Bertz CT molecular complexity index is 315. The summed E-state index contributed by atoms with van der Waals surface area (Å²) in [5, 5.41) is 8.62. The highest BCUT2D eigenvalue weighted by molar-refractivity contribution is 5.46. The van der Waals surface area contributed by atoms with Crippen molar-refractivity contribution in [2.75, 3.05) is 14.2 Å². The van der Waals surface area contributed by atoms with Gasteiger partial charge in [-0.1, -0.05) is 0 Å². The second kappa shape index (κ2) is 3.63. The Morgan fingerprint density at radius 1 is 1.33 bits per heavy atom. The molecule has 0 atom stereocenters. The van der Waals surface area contributed by atoms with E-state index in [4.69, 9.17) is 14.7 Å². The normalized spacial score (nSPS) is 8.75. The summed E-state index contributed by atoms with van der Waals surface area (Å²) in [6.45, 7) is 0. The molecule has 0 aliphatic heterocycles. The highest BCUT2D eigenvalue weighted by atomic mass is 16.5. The van der Waals surface area contributed by atoms with Gasteiger partial charge in [0.1, 0.15) is 17.6 Å². The van der Waals surface area contributed by atoms with Crippen LogP contribution in [-0.4, -0.2) is 14.2 Å². The highest BCUT2D eigenvalue weighted by Gasteiger charge is 2.03. The highest BCUT2D eigenvalue weighted by Crippen LogP contribution is 2.22. The number of hydrogen-bond donors (Lipinski definition) is 0. The maximum absolute atomic E-state index is 8.62. The summed E-state index contributed by atoms with van der Waals surface area (Å²) in [4.78, 5) is 0. The zero-order valence-corrected chi connectivity index (χ0v) is 6.92. The first-order chi connectivity index (χ1) is 5.81. The molecule has 0 spiro atoms. The lowest BCUT2D eigenvalue weighted by molar-refractivity contribution is 0.392. The Morgan fingerprint density at radius 3 is 2.58 bits per heavy atom. The van der Waals surface area contributed by atoms with Crippen LogP contribution < -0.4 is 9.47 Å². The number of nitriles is 1. The van der Waals surface area contributed by atoms with Crippen LogP contribution in [-0.2, 0) is 0 Å². The van der Waals surface area contributed by atoms with Gasteiger partial charge in [-0.25, -0.2) is 0 Å². The molecule has 0 fully saturated rings. The van der Waals surface area contributed by atoms with Crippen molar-refractivity contribution in [3.8, 4) is 17.6 Å². The minimum atomic E-state index is 0.414. The van der Waals surface area contributed by atoms with Crippen LogP contribution in [0.3, 0.4) is 0 Å². The van der Waals surface area contributed by atoms with Crippen LogP contribution in [0.25, 0.3) is 0 Å². The van der Waals surface area contributed by atoms with Crippen LogP contribution in [0, 0.1) is 17.4 Å². The number of benzene rings is 1. The third-order valence-corrected chi connectivity index (χ3v) is 1.43. The second-order valence-corrected chi connectivity index (χ2v) is 2.09. The van der Waals surface area contributed by atoms with E-state index in [9.17, 15) is 0 Å². The molecule has 0 bridgehead atoms. The molecule has 1 aromatic rings. The molecule has 0 heterocycles. The molecule has 0 aromatic heterocycles. The predicted octanol–water partition coefficient (Wildman–Crippen LogP) is 1.38. The monoisotopic (exact) mass is 162 g/mol. The van der Waals surface area contributed by atoms with Crippen LogP contribution in [0.5, 0.6) is 11.5 Å². The molecule has 1 radical (unpaired) electrons. The molecule has 0 saturated carbocycles. The lowest BCUT2D eigenvalue weighted by Crippen LogP contribution is -1.90. The van der Waals surface area contributed by atoms with E-state index in [2.05, 4.69) is 6.07 Å². The van der Waals surface area contributed by atoms with Gasteiger partial charge in [-0.15, -0.1) is 0 Å². The molecule has 0 N–H and O–H groups in total. The summed E-state index contributed by atoms with van der Waals surface area (Å²) in [5.74, 6) is 0.975. The molecule has 1 rings (SSSR count). The maximum Gasteiger partial charge on any atom is 0.148 e. The van der Waals surface area contributed by atoms with Gasteiger partial charge < -0.3 is 9.47 Å². The molecular weight excluding hydrogens is 154 g/mol. The first-order valence-corrected chi connectivity index (χ1v) is 3.36. The SMILES string of the molecule is COc1[c]c(OC)c(C#N)cc1. The lowest BCUT2D eigenvalue weighted by Gasteiger charge is -2.03. The largest absolute Gasteiger partial charge is 0.496 e. The Kier molecular flexibility index (Phi) is 2.54. The van der Waals surface area contributed by atoms with Gasteiger partial charge in [0.25, 0.3) is 0 Å². The van der Waals surface area contributed by atoms with Crippen molar-refractivity contribution in [1.29, 1.82) is 5.26 Å². The minimum Gasteiger partial charge on any atom is -0.496 e. The summed E-state index contributed by atoms with van der Waals surface area (Å²) in [6.07, 6.45) is 0. The zero-order valence-electron chi connectivity index (χ0n) is 6.92. The predicted molar refractivity (Wildman–Crippen MR) is 43.1 cm³/mol. The standard InChI is InChI=1S/C9H8NO2/c1-11-8-4-3-7(6-10)9(5-8)12-2/h3-4H,1-2H3. The Morgan fingerprint density at radius 2 is 2.08 bits per heavy atom. The van der Waals surface area contributed by atoms with E-state index >= 15 is 0 Å². The van der Waals surface area contributed by atoms with Gasteiger partial charge in [0.15, 0.2) is 0 Å². The number of ether oxygens (including phenoxy) is 2. The van der Waals surface area contributed by atoms with Crippen molar-refractivity contribution < 1.29 is 9.47 Å². The quantitative estimate of drug-likeness (QED) is 0.659. The van der Waals surface area contributed by atoms with Crippen molar-refractivity contribution in [2.45, 2.75) is 0 Å². The number of methoxy groups -OCH3 is 2. The molecule has 0 amide bonds. The first kappa shape index (κ1) is 8.41. The fourth-order valence-electron chi connectivity index (χ4n) is 0.824. The Hall–Kier alpha value is -1.69. The number of rotatable bonds is 2. The number of hydrogen-bond acceptors (Lipinski definition) is 3. The average molecular weight is 162 g/mol. The van der Waals surface area contributed by atoms with Gasteiger partial charge in [-0.3, -0.25) is 0 Å². The van der Waals surface area contributed by atoms with Crippen molar-refractivity contribution in [3.05, 3.63) is 23.8 Å².